The van der Waals surface area contributed by atoms with Crippen LogP contribution in [0.4, 0.5) is 4.39 Å². The van der Waals surface area contributed by atoms with Crippen LogP contribution in [-0.2, 0) is 17.9 Å². The Bertz CT molecular complexity index is 1340. The standard InChI is InChI=1S/C25H19FN2O3/c1-30-25(29)16-6-9-24-21(12-16)20(19-5-3-2-4-17(19)14-31-24)10-11-28-15-27-22-13-18(26)7-8-23(22)28/h2-10,12-13,15H,11,14H2,1H3. The van der Waals surface area contributed by atoms with Gasteiger partial charge in [-0.1, -0.05) is 30.3 Å². The molecule has 0 atom stereocenters. The van der Waals surface area contributed by atoms with Crippen molar-refractivity contribution in [3.05, 3.63) is 101 Å². The summed E-state index contributed by atoms with van der Waals surface area (Å²) < 4.78 is 26.4. The largest absolute Gasteiger partial charge is 0.488 e. The molecule has 0 radical (unpaired) electrons. The predicted molar refractivity (Wildman–Crippen MR) is 115 cm³/mol. The quantitative estimate of drug-likeness (QED) is 0.444. The first-order valence-electron chi connectivity index (χ1n) is 9.88. The highest BCUT2D eigenvalue weighted by molar-refractivity contribution is 5.93. The number of methoxy groups -OCH3 is 1. The van der Waals surface area contributed by atoms with E-state index in [4.69, 9.17) is 9.47 Å². The van der Waals surface area contributed by atoms with Gasteiger partial charge in [0, 0.05) is 18.2 Å². The molecule has 0 spiro atoms. The fourth-order valence-corrected chi connectivity index (χ4v) is 3.91. The number of ether oxygens (including phenoxy) is 2. The Labute approximate surface area is 178 Å². The van der Waals surface area contributed by atoms with Crippen LogP contribution in [0.5, 0.6) is 5.75 Å². The molecule has 0 saturated carbocycles. The van der Waals surface area contributed by atoms with Gasteiger partial charge in [-0.3, -0.25) is 0 Å². The van der Waals surface area contributed by atoms with Crippen LogP contribution in [0, 0.1) is 5.82 Å². The van der Waals surface area contributed by atoms with Gasteiger partial charge in [-0.15, -0.1) is 0 Å². The lowest BCUT2D eigenvalue weighted by molar-refractivity contribution is 0.0600. The lowest BCUT2D eigenvalue weighted by atomic mass is 9.93. The second kappa shape index (κ2) is 7.72. The molecule has 5 nitrogen and oxygen atoms in total. The number of esters is 1. The van der Waals surface area contributed by atoms with Crippen molar-refractivity contribution in [2.75, 3.05) is 7.11 Å². The van der Waals surface area contributed by atoms with Crippen molar-refractivity contribution in [1.29, 1.82) is 0 Å². The van der Waals surface area contributed by atoms with Gasteiger partial charge >= 0.3 is 5.97 Å². The topological polar surface area (TPSA) is 53.4 Å². The molecular formula is C25H19FN2O3. The van der Waals surface area contributed by atoms with Crippen molar-refractivity contribution in [1.82, 2.24) is 9.55 Å². The molecule has 0 fully saturated rings. The number of allylic oxidation sites excluding steroid dienone is 1. The molecule has 0 aliphatic carbocycles. The first-order valence-corrected chi connectivity index (χ1v) is 9.88. The second-order valence-corrected chi connectivity index (χ2v) is 7.30. The van der Waals surface area contributed by atoms with Gasteiger partial charge in [-0.05, 0) is 47.0 Å². The van der Waals surface area contributed by atoms with Crippen molar-refractivity contribution in [2.24, 2.45) is 0 Å². The van der Waals surface area contributed by atoms with Gasteiger partial charge in [-0.2, -0.15) is 0 Å². The molecule has 6 heteroatoms. The van der Waals surface area contributed by atoms with E-state index in [-0.39, 0.29) is 5.82 Å². The highest BCUT2D eigenvalue weighted by Gasteiger charge is 2.21. The third-order valence-corrected chi connectivity index (χ3v) is 5.46. The highest BCUT2D eigenvalue weighted by atomic mass is 19.1. The van der Waals surface area contributed by atoms with Crippen molar-refractivity contribution in [2.45, 2.75) is 13.2 Å². The number of carbonyl (C=O) groups excluding carboxylic acids is 1. The van der Waals surface area contributed by atoms with Crippen LogP contribution in [0.3, 0.4) is 0 Å². The molecule has 2 heterocycles. The molecule has 0 amide bonds. The monoisotopic (exact) mass is 414 g/mol. The number of nitrogens with zero attached hydrogens (tertiary/aromatic N) is 2. The molecule has 31 heavy (non-hydrogen) atoms. The molecular weight excluding hydrogens is 395 g/mol. The third-order valence-electron chi connectivity index (χ3n) is 5.46. The van der Waals surface area contributed by atoms with E-state index in [0.29, 0.717) is 30.0 Å². The summed E-state index contributed by atoms with van der Waals surface area (Å²) in [5.74, 6) is -0.00908. The molecule has 154 valence electrons. The molecule has 1 aromatic heterocycles. The Kier molecular flexibility index (Phi) is 4.75. The fourth-order valence-electron chi connectivity index (χ4n) is 3.91. The smallest absolute Gasteiger partial charge is 0.337 e. The lowest BCUT2D eigenvalue weighted by Crippen LogP contribution is -2.03. The van der Waals surface area contributed by atoms with Crippen molar-refractivity contribution < 1.29 is 18.7 Å². The van der Waals surface area contributed by atoms with Gasteiger partial charge in [-0.25, -0.2) is 14.2 Å². The van der Waals surface area contributed by atoms with Crippen molar-refractivity contribution in [3.8, 4) is 5.75 Å². The summed E-state index contributed by atoms with van der Waals surface area (Å²) in [6, 6.07) is 17.9. The number of hydrogen-bond acceptors (Lipinski definition) is 4. The molecule has 1 aliphatic heterocycles. The molecule has 1 aliphatic rings. The molecule has 0 unspecified atom stereocenters. The number of carbonyl (C=O) groups is 1. The van der Waals surface area contributed by atoms with Gasteiger partial charge in [0.05, 0.1) is 30.0 Å². The first-order chi connectivity index (χ1) is 15.1. The summed E-state index contributed by atoms with van der Waals surface area (Å²) in [5.41, 5.74) is 5.79. The van der Waals surface area contributed by atoms with Crippen LogP contribution >= 0.6 is 0 Å². The summed E-state index contributed by atoms with van der Waals surface area (Å²) in [4.78, 5) is 16.4. The Morgan fingerprint density at radius 2 is 2.03 bits per heavy atom. The average Bonchev–Trinajstić information content (AvgIpc) is 3.12. The minimum Gasteiger partial charge on any atom is -0.488 e. The number of hydrogen-bond donors (Lipinski definition) is 0. The van der Waals surface area contributed by atoms with Crippen LogP contribution in [-0.4, -0.2) is 22.6 Å². The Morgan fingerprint density at radius 1 is 1.16 bits per heavy atom. The van der Waals surface area contributed by atoms with E-state index in [1.54, 1.807) is 30.6 Å². The van der Waals surface area contributed by atoms with Crippen LogP contribution in [0.1, 0.15) is 27.0 Å². The molecule has 0 bridgehead atoms. The summed E-state index contributed by atoms with van der Waals surface area (Å²) in [6.07, 6.45) is 3.78. The molecule has 0 N–H and O–H groups in total. The van der Waals surface area contributed by atoms with E-state index in [2.05, 4.69) is 11.1 Å². The maximum atomic E-state index is 13.5. The SMILES string of the molecule is COC(=O)c1ccc2c(c1)C(=CCn1cnc3cc(F)ccc31)c1ccccc1CO2. The zero-order valence-electron chi connectivity index (χ0n) is 16.8. The van der Waals surface area contributed by atoms with Gasteiger partial charge in [0.15, 0.2) is 0 Å². The normalized spacial score (nSPS) is 13.9. The number of rotatable bonds is 3. The minimum atomic E-state index is -0.401. The van der Waals surface area contributed by atoms with Gasteiger partial charge in [0.1, 0.15) is 18.2 Å². The number of aromatic nitrogens is 2. The Morgan fingerprint density at radius 3 is 2.90 bits per heavy atom. The maximum absolute atomic E-state index is 13.5. The van der Waals surface area contributed by atoms with E-state index >= 15 is 0 Å². The number of halogens is 1. The van der Waals surface area contributed by atoms with Gasteiger partial charge in [0.2, 0.25) is 0 Å². The van der Waals surface area contributed by atoms with Crippen LogP contribution < -0.4 is 4.74 Å². The second-order valence-electron chi connectivity index (χ2n) is 7.30. The van der Waals surface area contributed by atoms with E-state index < -0.39 is 5.97 Å². The first kappa shape index (κ1) is 19.1. The molecule has 3 aromatic carbocycles. The zero-order chi connectivity index (χ0) is 21.4. The Balaban J connectivity index is 1.64. The van der Waals surface area contributed by atoms with Crippen molar-refractivity contribution >= 4 is 22.6 Å². The number of benzene rings is 3. The van der Waals surface area contributed by atoms with E-state index in [0.717, 1.165) is 27.8 Å². The summed E-state index contributed by atoms with van der Waals surface area (Å²) in [7, 11) is 1.36. The maximum Gasteiger partial charge on any atom is 0.337 e. The highest BCUT2D eigenvalue weighted by Crippen LogP contribution is 2.37. The summed E-state index contributed by atoms with van der Waals surface area (Å²) in [6.45, 7) is 0.957. The summed E-state index contributed by atoms with van der Waals surface area (Å²) >= 11 is 0. The fraction of sp³-hybridized carbons (Fsp3) is 0.120. The summed E-state index contributed by atoms with van der Waals surface area (Å²) in [5, 5.41) is 0. The minimum absolute atomic E-state index is 0.310. The van der Waals surface area contributed by atoms with Crippen LogP contribution in [0.2, 0.25) is 0 Å². The lowest BCUT2D eigenvalue weighted by Gasteiger charge is -2.12. The predicted octanol–water partition coefficient (Wildman–Crippen LogP) is 4.99. The third kappa shape index (κ3) is 3.46. The van der Waals surface area contributed by atoms with Gasteiger partial charge in [0.25, 0.3) is 0 Å². The number of imidazole rings is 1. The van der Waals surface area contributed by atoms with Crippen molar-refractivity contribution in [3.63, 3.8) is 0 Å². The average molecular weight is 414 g/mol. The molecule has 0 saturated heterocycles. The Hall–Kier alpha value is -3.93. The molecule has 4 aromatic rings. The van der Waals surface area contributed by atoms with Gasteiger partial charge < -0.3 is 14.0 Å². The molecule has 5 rings (SSSR count). The van der Waals surface area contributed by atoms with Crippen LogP contribution in [0.25, 0.3) is 16.6 Å². The zero-order valence-corrected chi connectivity index (χ0v) is 16.8. The van der Waals surface area contributed by atoms with E-state index in [1.165, 1.54) is 19.2 Å². The van der Waals surface area contributed by atoms with E-state index in [9.17, 15) is 9.18 Å². The van der Waals surface area contributed by atoms with E-state index in [1.807, 2.05) is 28.8 Å². The van der Waals surface area contributed by atoms with Crippen LogP contribution in [0.15, 0.2) is 73.1 Å². The number of fused-ring (bicyclic) bond motifs is 3.